The first kappa shape index (κ1) is 17.4. The van der Waals surface area contributed by atoms with E-state index in [4.69, 9.17) is 6.57 Å². The fraction of sp³-hybridized carbons (Fsp3) is 0.550. The van der Waals surface area contributed by atoms with Gasteiger partial charge in [0, 0.05) is 14.0 Å². The summed E-state index contributed by atoms with van der Waals surface area (Å²) in [6, 6.07) is 6.01. The highest BCUT2D eigenvalue weighted by atomic mass is 33.1. The zero-order chi connectivity index (χ0) is 19.2. The summed E-state index contributed by atoms with van der Waals surface area (Å²) in [5.41, 5.74) is 2.88. The summed E-state index contributed by atoms with van der Waals surface area (Å²) in [4.78, 5) is 32.3. The lowest BCUT2D eigenvalue weighted by Gasteiger charge is -2.57. The van der Waals surface area contributed by atoms with Crippen LogP contribution < -0.4 is 0 Å². The van der Waals surface area contributed by atoms with Crippen LogP contribution in [-0.4, -0.2) is 43.9 Å². The molecule has 7 heteroatoms. The van der Waals surface area contributed by atoms with Gasteiger partial charge in [-0.1, -0.05) is 39.8 Å². The fourth-order valence-corrected chi connectivity index (χ4v) is 8.73. The van der Waals surface area contributed by atoms with Crippen molar-refractivity contribution in [2.24, 2.45) is 0 Å². The van der Waals surface area contributed by atoms with Gasteiger partial charge in [-0.3, -0.25) is 9.59 Å². The lowest BCUT2D eigenvalue weighted by Crippen LogP contribution is -2.73. The molecule has 6 rings (SSSR count). The van der Waals surface area contributed by atoms with Gasteiger partial charge in [0.05, 0.1) is 6.42 Å². The normalized spacial score (nSPS) is 39.6. The number of amides is 2. The molecule has 4 saturated heterocycles. The fourth-order valence-electron chi connectivity index (χ4n) is 5.15. The molecule has 0 radical (unpaired) electrons. The summed E-state index contributed by atoms with van der Waals surface area (Å²) in [7, 11) is 4.65. The van der Waals surface area contributed by atoms with Crippen molar-refractivity contribution in [3.05, 3.63) is 46.3 Å². The molecule has 0 N–H and O–H groups in total. The molecule has 5 aliphatic rings. The van der Waals surface area contributed by atoms with Crippen molar-refractivity contribution >= 4 is 33.4 Å². The lowest BCUT2D eigenvalue weighted by molar-refractivity contribution is -0.164. The number of rotatable bonds is 1. The Balaban J connectivity index is 1.71. The maximum Gasteiger partial charge on any atom is 0.262 e. The number of carbonyl (C=O) groups is 2. The zero-order valence-electron chi connectivity index (χ0n) is 15.6. The SMILES string of the molecule is [C-]#[N+][C@@]1(C)C[C@@]23SSC(C)(C(=O)N2[C@H]1c1ccc2c(c1)CCC2)N(C)C3=O. The highest BCUT2D eigenvalue weighted by molar-refractivity contribution is 8.78. The van der Waals surface area contributed by atoms with Crippen molar-refractivity contribution < 1.29 is 9.59 Å². The second-order valence-electron chi connectivity index (χ2n) is 8.40. The number of hydrogen-bond donors (Lipinski definition) is 0. The molecule has 1 spiro atoms. The van der Waals surface area contributed by atoms with Gasteiger partial charge < -0.3 is 14.6 Å². The smallest absolute Gasteiger partial charge is 0.262 e. The third-order valence-electron chi connectivity index (χ3n) is 6.76. The topological polar surface area (TPSA) is 45.0 Å². The van der Waals surface area contributed by atoms with Crippen LogP contribution in [-0.2, 0) is 22.4 Å². The zero-order valence-corrected chi connectivity index (χ0v) is 17.2. The van der Waals surface area contributed by atoms with Crippen molar-refractivity contribution in [1.29, 1.82) is 0 Å². The number of nitrogens with zero attached hydrogens (tertiary/aromatic N) is 3. The van der Waals surface area contributed by atoms with Crippen LogP contribution in [0.5, 0.6) is 0 Å². The Morgan fingerprint density at radius 2 is 1.89 bits per heavy atom. The molecule has 4 aliphatic heterocycles. The van der Waals surface area contributed by atoms with E-state index in [1.54, 1.807) is 16.8 Å². The summed E-state index contributed by atoms with van der Waals surface area (Å²) < 4.78 is 0. The largest absolute Gasteiger partial charge is 0.319 e. The van der Waals surface area contributed by atoms with Crippen LogP contribution in [0.2, 0.25) is 0 Å². The minimum atomic E-state index is -0.975. The van der Waals surface area contributed by atoms with E-state index < -0.39 is 21.3 Å². The summed E-state index contributed by atoms with van der Waals surface area (Å²) in [5.74, 6) is -0.0990. The molecule has 4 fully saturated rings. The van der Waals surface area contributed by atoms with Crippen LogP contribution in [0.3, 0.4) is 0 Å². The Kier molecular flexibility index (Phi) is 3.38. The van der Waals surface area contributed by atoms with Gasteiger partial charge in [0.25, 0.3) is 17.4 Å². The van der Waals surface area contributed by atoms with E-state index in [0.717, 1.165) is 24.8 Å². The van der Waals surface area contributed by atoms with Gasteiger partial charge in [-0.05, 0) is 42.9 Å². The van der Waals surface area contributed by atoms with E-state index in [-0.39, 0.29) is 11.8 Å². The first-order chi connectivity index (χ1) is 12.8. The van der Waals surface area contributed by atoms with E-state index in [1.807, 2.05) is 13.8 Å². The minimum absolute atomic E-state index is 0.0492. The first-order valence-corrected chi connectivity index (χ1v) is 11.4. The van der Waals surface area contributed by atoms with Gasteiger partial charge in [-0.15, -0.1) is 0 Å². The Bertz CT molecular complexity index is 944. The number of piperazine rings is 1. The monoisotopic (exact) mass is 399 g/mol. The van der Waals surface area contributed by atoms with Crippen molar-refractivity contribution in [2.75, 3.05) is 7.05 Å². The quantitative estimate of drug-likeness (QED) is 0.536. The number of likely N-dealkylation sites (N-methyl/N-ethyl adjacent to an activating group) is 1. The molecule has 1 aromatic carbocycles. The molecule has 1 aliphatic carbocycles. The van der Waals surface area contributed by atoms with Crippen molar-refractivity contribution in [1.82, 2.24) is 9.80 Å². The molecule has 27 heavy (non-hydrogen) atoms. The maximum atomic E-state index is 13.6. The van der Waals surface area contributed by atoms with Crippen molar-refractivity contribution in [2.45, 2.75) is 60.9 Å². The standard InChI is InChI=1S/C20H21N3O2S2/c1-18(21-3)11-20-17(25)22(4)19(2,26-27-20)16(24)23(20)15(18)14-9-8-12-6-5-7-13(12)10-14/h8-10,15H,5-7,11H2,1-2,4H3/t15-,18-,19?,20-/m0/s1. The van der Waals surface area contributed by atoms with E-state index >= 15 is 0 Å². The highest BCUT2D eigenvalue weighted by Gasteiger charge is 2.77. The molecule has 4 heterocycles. The molecule has 0 saturated carbocycles. The molecule has 1 unspecified atom stereocenters. The predicted octanol–water partition coefficient (Wildman–Crippen LogP) is 3.41. The number of carbonyl (C=O) groups excluding carboxylic acids is 2. The van der Waals surface area contributed by atoms with Gasteiger partial charge in [-0.25, -0.2) is 6.57 Å². The van der Waals surface area contributed by atoms with Crippen LogP contribution in [0.4, 0.5) is 0 Å². The summed E-state index contributed by atoms with van der Waals surface area (Å²) >= 11 is 0. The van der Waals surface area contributed by atoms with Crippen LogP contribution in [0.1, 0.15) is 49.4 Å². The van der Waals surface area contributed by atoms with E-state index in [0.29, 0.717) is 6.42 Å². The van der Waals surface area contributed by atoms with Gasteiger partial charge >= 0.3 is 0 Å². The minimum Gasteiger partial charge on any atom is -0.319 e. The molecule has 2 bridgehead atoms. The highest BCUT2D eigenvalue weighted by Crippen LogP contribution is 2.68. The summed E-state index contributed by atoms with van der Waals surface area (Å²) in [5, 5.41) is 0. The first-order valence-electron chi connectivity index (χ1n) is 9.26. The Morgan fingerprint density at radius 3 is 2.63 bits per heavy atom. The summed E-state index contributed by atoms with van der Waals surface area (Å²) in [6.45, 7) is 11.7. The van der Waals surface area contributed by atoms with Crippen LogP contribution in [0.25, 0.3) is 4.85 Å². The number of hydrogen-bond acceptors (Lipinski definition) is 4. The molecule has 5 nitrogen and oxygen atoms in total. The Morgan fingerprint density at radius 1 is 1.15 bits per heavy atom. The molecule has 0 aromatic heterocycles. The average molecular weight is 400 g/mol. The molecular weight excluding hydrogens is 378 g/mol. The Labute approximate surface area is 167 Å². The summed E-state index contributed by atoms with van der Waals surface area (Å²) in [6.07, 6.45) is 3.67. The van der Waals surface area contributed by atoms with Crippen LogP contribution in [0, 0.1) is 6.57 Å². The second kappa shape index (κ2) is 5.24. The lowest BCUT2D eigenvalue weighted by atomic mass is 9.86. The third kappa shape index (κ3) is 1.93. The van der Waals surface area contributed by atoms with Crippen molar-refractivity contribution in [3.8, 4) is 0 Å². The molecule has 1 aromatic rings. The van der Waals surface area contributed by atoms with E-state index in [1.165, 1.54) is 32.7 Å². The van der Waals surface area contributed by atoms with Crippen molar-refractivity contribution in [3.63, 3.8) is 0 Å². The third-order valence-corrected chi connectivity index (χ3v) is 10.5. The number of aryl methyl sites for hydroxylation is 2. The second-order valence-corrected chi connectivity index (χ2v) is 11.2. The molecular formula is C20H21N3O2S2. The maximum absolute atomic E-state index is 13.6. The number of benzene rings is 1. The van der Waals surface area contributed by atoms with Gasteiger partial charge in [-0.2, -0.15) is 0 Å². The van der Waals surface area contributed by atoms with E-state index in [9.17, 15) is 9.59 Å². The van der Waals surface area contributed by atoms with E-state index in [2.05, 4.69) is 23.0 Å². The number of fused-ring (bicyclic) bond motifs is 3. The van der Waals surface area contributed by atoms with Gasteiger partial charge in [0.2, 0.25) is 0 Å². The molecule has 2 amide bonds. The van der Waals surface area contributed by atoms with Crippen LogP contribution in [0.15, 0.2) is 18.2 Å². The Hall–Kier alpha value is -1.65. The predicted molar refractivity (Wildman–Crippen MR) is 107 cm³/mol. The van der Waals surface area contributed by atoms with Gasteiger partial charge in [0.1, 0.15) is 6.04 Å². The van der Waals surface area contributed by atoms with Gasteiger partial charge in [0.15, 0.2) is 9.74 Å². The van der Waals surface area contributed by atoms with Crippen LogP contribution >= 0.6 is 21.6 Å². The molecule has 140 valence electrons. The average Bonchev–Trinajstić information content (AvgIpc) is 3.23. The molecule has 4 atom stereocenters.